The standard InChI is InChI=1S/C9H9F2N3O/c10-9(11)8-5(4-13)3-7(15)14-6(8)1-2-12/h3,9H,1,4,13H2,(H,14,15). The van der Waals surface area contributed by atoms with Gasteiger partial charge in [0, 0.05) is 23.9 Å². The van der Waals surface area contributed by atoms with E-state index in [1.807, 2.05) is 0 Å². The van der Waals surface area contributed by atoms with E-state index in [1.54, 1.807) is 6.07 Å². The van der Waals surface area contributed by atoms with Crippen LogP contribution in [-0.2, 0) is 13.0 Å². The van der Waals surface area contributed by atoms with Crippen molar-refractivity contribution in [1.29, 1.82) is 5.26 Å². The lowest BCUT2D eigenvalue weighted by Gasteiger charge is -2.10. The molecule has 0 aliphatic carbocycles. The smallest absolute Gasteiger partial charge is 0.265 e. The third-order valence-corrected chi connectivity index (χ3v) is 1.94. The lowest BCUT2D eigenvalue weighted by molar-refractivity contribution is 0.148. The van der Waals surface area contributed by atoms with Gasteiger partial charge >= 0.3 is 0 Å². The molecule has 0 fully saturated rings. The van der Waals surface area contributed by atoms with Gasteiger partial charge in [-0.05, 0) is 5.56 Å². The molecule has 6 heteroatoms. The summed E-state index contributed by atoms with van der Waals surface area (Å²) < 4.78 is 25.3. The number of aromatic nitrogens is 1. The quantitative estimate of drug-likeness (QED) is 0.780. The van der Waals surface area contributed by atoms with Crippen molar-refractivity contribution in [3.8, 4) is 6.07 Å². The first-order valence-electron chi connectivity index (χ1n) is 4.20. The lowest BCUT2D eigenvalue weighted by Crippen LogP contribution is -2.16. The van der Waals surface area contributed by atoms with Crippen LogP contribution in [0.3, 0.4) is 0 Å². The summed E-state index contributed by atoms with van der Waals surface area (Å²) in [6.07, 6.45) is -3.01. The molecule has 15 heavy (non-hydrogen) atoms. The van der Waals surface area contributed by atoms with Crippen LogP contribution < -0.4 is 11.3 Å². The molecule has 0 unspecified atom stereocenters. The number of H-pyrrole nitrogens is 1. The maximum Gasteiger partial charge on any atom is 0.265 e. The lowest BCUT2D eigenvalue weighted by atomic mass is 10.1. The zero-order chi connectivity index (χ0) is 11.4. The van der Waals surface area contributed by atoms with Crippen LogP contribution in [0, 0.1) is 11.3 Å². The number of halogens is 2. The van der Waals surface area contributed by atoms with Crippen molar-refractivity contribution in [3.63, 3.8) is 0 Å². The Morgan fingerprint density at radius 2 is 2.27 bits per heavy atom. The van der Waals surface area contributed by atoms with Gasteiger partial charge in [-0.1, -0.05) is 0 Å². The number of nitrogens with zero attached hydrogens (tertiary/aromatic N) is 1. The number of nitrogens with one attached hydrogen (secondary N) is 1. The van der Waals surface area contributed by atoms with Crippen molar-refractivity contribution in [2.45, 2.75) is 19.4 Å². The first kappa shape index (κ1) is 11.3. The summed E-state index contributed by atoms with van der Waals surface area (Å²) in [6, 6.07) is 2.74. The van der Waals surface area contributed by atoms with E-state index >= 15 is 0 Å². The first-order chi connectivity index (χ1) is 7.10. The molecule has 1 aromatic rings. The number of nitriles is 1. The highest BCUT2D eigenvalue weighted by Crippen LogP contribution is 2.24. The van der Waals surface area contributed by atoms with Crippen molar-refractivity contribution < 1.29 is 8.78 Å². The minimum atomic E-state index is -2.75. The monoisotopic (exact) mass is 213 g/mol. The van der Waals surface area contributed by atoms with Crippen LogP contribution in [0.5, 0.6) is 0 Å². The van der Waals surface area contributed by atoms with Crippen molar-refractivity contribution in [3.05, 3.63) is 33.2 Å². The summed E-state index contributed by atoms with van der Waals surface area (Å²) in [7, 11) is 0. The summed E-state index contributed by atoms with van der Waals surface area (Å²) in [5, 5.41) is 8.43. The fraction of sp³-hybridized carbons (Fsp3) is 0.333. The minimum absolute atomic E-state index is 0.0551. The molecule has 0 amide bonds. The Morgan fingerprint density at radius 3 is 2.73 bits per heavy atom. The second-order valence-corrected chi connectivity index (χ2v) is 2.89. The number of alkyl halides is 2. The van der Waals surface area contributed by atoms with Gasteiger partial charge in [0.05, 0.1) is 12.5 Å². The van der Waals surface area contributed by atoms with Gasteiger partial charge in [-0.25, -0.2) is 8.78 Å². The topological polar surface area (TPSA) is 82.7 Å². The van der Waals surface area contributed by atoms with Gasteiger partial charge in [-0.2, -0.15) is 5.26 Å². The Bertz CT molecular complexity index is 448. The van der Waals surface area contributed by atoms with E-state index < -0.39 is 12.0 Å². The number of rotatable bonds is 3. The Morgan fingerprint density at radius 1 is 1.60 bits per heavy atom. The van der Waals surface area contributed by atoms with Crippen molar-refractivity contribution >= 4 is 0 Å². The number of pyridine rings is 1. The summed E-state index contributed by atoms with van der Waals surface area (Å²) >= 11 is 0. The van der Waals surface area contributed by atoms with E-state index in [1.165, 1.54) is 0 Å². The summed E-state index contributed by atoms with van der Waals surface area (Å²) in [5.74, 6) is 0. The van der Waals surface area contributed by atoms with Crippen molar-refractivity contribution in [1.82, 2.24) is 4.98 Å². The molecular formula is C9H9F2N3O. The van der Waals surface area contributed by atoms with E-state index in [4.69, 9.17) is 11.0 Å². The van der Waals surface area contributed by atoms with Crippen LogP contribution in [0.4, 0.5) is 8.78 Å². The zero-order valence-corrected chi connectivity index (χ0v) is 7.76. The largest absolute Gasteiger partial charge is 0.326 e. The second-order valence-electron chi connectivity index (χ2n) is 2.89. The molecule has 0 radical (unpaired) electrons. The van der Waals surface area contributed by atoms with Crippen LogP contribution in [0.1, 0.15) is 23.2 Å². The molecule has 0 bridgehead atoms. The normalized spacial score (nSPS) is 10.3. The molecule has 0 atom stereocenters. The van der Waals surface area contributed by atoms with E-state index in [2.05, 4.69) is 4.98 Å². The van der Waals surface area contributed by atoms with Gasteiger partial charge in [-0.3, -0.25) is 4.79 Å². The molecule has 1 rings (SSSR count). The summed E-state index contributed by atoms with van der Waals surface area (Å²) in [4.78, 5) is 13.3. The molecule has 4 nitrogen and oxygen atoms in total. The van der Waals surface area contributed by atoms with E-state index in [0.29, 0.717) is 0 Å². The Kier molecular flexibility index (Phi) is 3.52. The zero-order valence-electron chi connectivity index (χ0n) is 7.76. The maximum absolute atomic E-state index is 12.6. The van der Waals surface area contributed by atoms with Crippen LogP contribution in [-0.4, -0.2) is 4.98 Å². The van der Waals surface area contributed by atoms with Gasteiger partial charge in [-0.15, -0.1) is 0 Å². The average molecular weight is 213 g/mol. The highest BCUT2D eigenvalue weighted by molar-refractivity contribution is 5.32. The van der Waals surface area contributed by atoms with Crippen LogP contribution in [0.15, 0.2) is 10.9 Å². The van der Waals surface area contributed by atoms with Gasteiger partial charge in [0.2, 0.25) is 5.56 Å². The first-order valence-corrected chi connectivity index (χ1v) is 4.20. The van der Waals surface area contributed by atoms with Gasteiger partial charge in [0.25, 0.3) is 6.43 Å². The molecule has 0 aliphatic rings. The van der Waals surface area contributed by atoms with Gasteiger partial charge < -0.3 is 10.7 Å². The Hall–Kier alpha value is -1.74. The predicted molar refractivity (Wildman–Crippen MR) is 49.2 cm³/mol. The number of aromatic amines is 1. The highest BCUT2D eigenvalue weighted by Gasteiger charge is 2.18. The minimum Gasteiger partial charge on any atom is -0.326 e. The molecular weight excluding hydrogens is 204 g/mol. The maximum atomic E-state index is 12.6. The molecule has 80 valence electrons. The molecule has 0 aliphatic heterocycles. The molecule has 1 aromatic heterocycles. The third kappa shape index (κ3) is 2.39. The predicted octanol–water partition coefficient (Wildman–Crippen LogP) is 0.837. The number of hydrogen-bond donors (Lipinski definition) is 2. The van der Waals surface area contributed by atoms with E-state index in [9.17, 15) is 13.6 Å². The average Bonchev–Trinajstić information content (AvgIpc) is 2.16. The highest BCUT2D eigenvalue weighted by atomic mass is 19.3. The molecule has 1 heterocycles. The molecule has 0 spiro atoms. The number of nitrogens with two attached hydrogens (primary N) is 1. The summed E-state index contributed by atoms with van der Waals surface area (Å²) in [5.41, 5.74) is 4.42. The van der Waals surface area contributed by atoms with E-state index in [0.717, 1.165) is 6.07 Å². The molecule has 3 N–H and O–H groups in total. The van der Waals surface area contributed by atoms with Gasteiger partial charge in [0.1, 0.15) is 0 Å². The molecule has 0 saturated carbocycles. The van der Waals surface area contributed by atoms with Crippen LogP contribution in [0.25, 0.3) is 0 Å². The van der Waals surface area contributed by atoms with Crippen LogP contribution in [0.2, 0.25) is 0 Å². The fourth-order valence-electron chi connectivity index (χ4n) is 1.34. The Balaban J connectivity index is 3.41. The van der Waals surface area contributed by atoms with Crippen molar-refractivity contribution in [2.75, 3.05) is 0 Å². The Labute approximate surface area is 84.3 Å². The SMILES string of the molecule is N#CCc1[nH]c(=O)cc(CN)c1C(F)F. The molecule has 0 saturated heterocycles. The summed E-state index contributed by atoms with van der Waals surface area (Å²) in [6.45, 7) is -0.151. The number of hydrogen-bond acceptors (Lipinski definition) is 3. The van der Waals surface area contributed by atoms with E-state index in [-0.39, 0.29) is 29.8 Å². The molecule has 0 aromatic carbocycles. The van der Waals surface area contributed by atoms with Gasteiger partial charge in [0.15, 0.2) is 0 Å². The third-order valence-electron chi connectivity index (χ3n) is 1.94. The van der Waals surface area contributed by atoms with Crippen LogP contribution >= 0.6 is 0 Å². The van der Waals surface area contributed by atoms with Crippen molar-refractivity contribution in [2.24, 2.45) is 5.73 Å². The fourth-order valence-corrected chi connectivity index (χ4v) is 1.34. The second kappa shape index (κ2) is 4.66.